The smallest absolute Gasteiger partial charge is 0.247 e. The molecule has 0 bridgehead atoms. The molecule has 0 saturated carbocycles. The second-order valence-electron chi connectivity index (χ2n) is 9.57. The van der Waals surface area contributed by atoms with Gasteiger partial charge in [0.25, 0.3) is 0 Å². The minimum atomic E-state index is -0.485. The van der Waals surface area contributed by atoms with Gasteiger partial charge in [-0.05, 0) is 79.8 Å². The molecule has 0 aliphatic heterocycles. The highest BCUT2D eigenvalue weighted by Gasteiger charge is 2.16. The molecule has 0 fully saturated rings. The Labute approximate surface area is 244 Å². The van der Waals surface area contributed by atoms with E-state index in [1.807, 2.05) is 51.5 Å². The summed E-state index contributed by atoms with van der Waals surface area (Å²) >= 11 is 3.58. The number of carbonyl (C=O) groups is 1. The molecular weight excluding hydrogens is 589 g/mol. The summed E-state index contributed by atoms with van der Waals surface area (Å²) in [6, 6.07) is 9.73. The fourth-order valence-corrected chi connectivity index (χ4v) is 5.55. The molecule has 4 aromatic rings. The number of amides is 1. The van der Waals surface area contributed by atoms with Gasteiger partial charge in [0.15, 0.2) is 0 Å². The Hall–Kier alpha value is -3.66. The number of hydrogen-bond acceptors (Lipinski definition) is 9. The fraction of sp³-hybridized carbons (Fsp3) is 0.250. The standard InChI is InChI=1S/C28H33BrN9OP/c1-7-24(39)34-22-16-18(8-11-23(22)38(4)15-14-37(2)3)33-28-32-17-19(29)27(36-28)35-21-10-9-20-25(26(21)40(5)6)31-13-12-30-20/h7-13,16-17H,1,14-15H2,2-6H3,(H,34,39)(H2,32,33,35,36). The van der Waals surface area contributed by atoms with Crippen molar-refractivity contribution in [2.75, 3.05) is 68.4 Å². The lowest BCUT2D eigenvalue weighted by atomic mass is 10.2. The molecule has 10 nitrogen and oxygen atoms in total. The quantitative estimate of drug-likeness (QED) is 0.154. The largest absolute Gasteiger partial charge is 0.372 e. The number of rotatable bonds is 11. The first kappa shape index (κ1) is 29.3. The zero-order valence-electron chi connectivity index (χ0n) is 23.2. The van der Waals surface area contributed by atoms with Gasteiger partial charge in [-0.2, -0.15) is 4.98 Å². The molecule has 0 spiro atoms. The number of nitrogens with zero attached hydrogens (tertiary/aromatic N) is 6. The number of benzene rings is 2. The van der Waals surface area contributed by atoms with Gasteiger partial charge in [-0.15, -0.1) is 0 Å². The first-order valence-corrected chi connectivity index (χ1v) is 15.6. The fourth-order valence-electron chi connectivity index (χ4n) is 4.05. The van der Waals surface area contributed by atoms with E-state index < -0.39 is 7.92 Å². The highest BCUT2D eigenvalue weighted by molar-refractivity contribution is 9.10. The van der Waals surface area contributed by atoms with Gasteiger partial charge in [0.05, 0.1) is 26.9 Å². The second kappa shape index (κ2) is 13.1. The molecule has 0 aliphatic rings. The molecule has 12 heteroatoms. The molecule has 2 aromatic carbocycles. The lowest BCUT2D eigenvalue weighted by molar-refractivity contribution is -0.111. The Kier molecular flexibility index (Phi) is 9.63. The van der Waals surface area contributed by atoms with E-state index in [9.17, 15) is 4.79 Å². The zero-order valence-corrected chi connectivity index (χ0v) is 25.7. The molecule has 0 aliphatic carbocycles. The van der Waals surface area contributed by atoms with E-state index in [1.54, 1.807) is 18.6 Å². The lowest BCUT2D eigenvalue weighted by Crippen LogP contribution is -2.29. The summed E-state index contributed by atoms with van der Waals surface area (Å²) in [6.45, 7) is 9.63. The van der Waals surface area contributed by atoms with E-state index in [4.69, 9.17) is 4.98 Å². The molecule has 3 N–H and O–H groups in total. The number of aromatic nitrogens is 4. The third-order valence-electron chi connectivity index (χ3n) is 6.05. The molecular formula is C28H33BrN9OP. The molecule has 40 heavy (non-hydrogen) atoms. The second-order valence-corrected chi connectivity index (χ2v) is 12.7. The van der Waals surface area contributed by atoms with Crippen molar-refractivity contribution in [1.82, 2.24) is 24.8 Å². The van der Waals surface area contributed by atoms with Crippen LogP contribution in [0.1, 0.15) is 0 Å². The van der Waals surface area contributed by atoms with Crippen molar-refractivity contribution in [3.8, 4) is 0 Å². The maximum Gasteiger partial charge on any atom is 0.247 e. The van der Waals surface area contributed by atoms with Crippen molar-refractivity contribution in [3.05, 3.63) is 66.1 Å². The van der Waals surface area contributed by atoms with Crippen LogP contribution in [0, 0.1) is 0 Å². The summed E-state index contributed by atoms with van der Waals surface area (Å²) in [4.78, 5) is 34.6. The number of fused-ring (bicyclic) bond motifs is 1. The third kappa shape index (κ3) is 7.10. The molecule has 0 unspecified atom stereocenters. The van der Waals surface area contributed by atoms with Crippen LogP contribution < -0.4 is 26.2 Å². The molecule has 208 valence electrons. The topological polar surface area (TPSA) is 111 Å². The molecule has 1 amide bonds. The van der Waals surface area contributed by atoms with Gasteiger partial charge in [-0.1, -0.05) is 14.5 Å². The number of nitrogens with one attached hydrogen (secondary N) is 3. The number of anilines is 6. The summed E-state index contributed by atoms with van der Waals surface area (Å²) in [6.07, 6.45) is 6.37. The average Bonchev–Trinajstić information content (AvgIpc) is 2.93. The Bertz CT molecular complexity index is 1530. The van der Waals surface area contributed by atoms with Gasteiger partial charge < -0.3 is 25.8 Å². The SMILES string of the molecule is C=CC(=O)Nc1cc(Nc2ncc(Br)c(Nc3ccc4nccnc4c3P(C)C)n2)ccc1N(C)CCN(C)C. The summed E-state index contributed by atoms with van der Waals surface area (Å²) in [5, 5.41) is 10.8. The summed E-state index contributed by atoms with van der Waals surface area (Å²) in [5.41, 5.74) is 4.95. The van der Waals surface area contributed by atoms with Crippen LogP contribution >= 0.6 is 23.9 Å². The van der Waals surface area contributed by atoms with E-state index in [0.717, 1.165) is 51.0 Å². The van der Waals surface area contributed by atoms with Crippen molar-refractivity contribution in [2.24, 2.45) is 0 Å². The molecule has 2 heterocycles. The molecule has 0 saturated heterocycles. The van der Waals surface area contributed by atoms with Crippen LogP contribution in [0.25, 0.3) is 11.0 Å². The summed E-state index contributed by atoms with van der Waals surface area (Å²) in [5.74, 6) is 0.727. The van der Waals surface area contributed by atoms with Crippen LogP contribution in [0.15, 0.2) is 66.1 Å². The Morgan fingerprint density at radius 1 is 1.02 bits per heavy atom. The minimum absolute atomic E-state index is 0.284. The van der Waals surface area contributed by atoms with E-state index in [-0.39, 0.29) is 5.91 Å². The van der Waals surface area contributed by atoms with Crippen molar-refractivity contribution >= 4 is 80.6 Å². The van der Waals surface area contributed by atoms with Gasteiger partial charge in [0.1, 0.15) is 5.82 Å². The Balaban J connectivity index is 1.62. The van der Waals surface area contributed by atoms with Gasteiger partial charge in [-0.3, -0.25) is 14.8 Å². The van der Waals surface area contributed by atoms with Crippen LogP contribution in [0.2, 0.25) is 0 Å². The number of halogens is 1. The highest BCUT2D eigenvalue weighted by atomic mass is 79.9. The van der Waals surface area contributed by atoms with E-state index >= 15 is 0 Å². The van der Waals surface area contributed by atoms with Gasteiger partial charge in [0, 0.05) is 55.4 Å². The van der Waals surface area contributed by atoms with Gasteiger partial charge in [0.2, 0.25) is 11.9 Å². The van der Waals surface area contributed by atoms with Crippen molar-refractivity contribution in [2.45, 2.75) is 0 Å². The van der Waals surface area contributed by atoms with Gasteiger partial charge in [-0.25, -0.2) is 4.98 Å². The molecule has 4 rings (SSSR count). The zero-order chi connectivity index (χ0) is 28.8. The van der Waals surface area contributed by atoms with Crippen molar-refractivity contribution < 1.29 is 4.79 Å². The summed E-state index contributed by atoms with van der Waals surface area (Å²) in [7, 11) is 5.57. The molecule has 2 aromatic heterocycles. The number of carbonyl (C=O) groups excluding carboxylic acids is 1. The highest BCUT2D eigenvalue weighted by Crippen LogP contribution is 2.35. The first-order chi connectivity index (χ1) is 19.2. The van der Waals surface area contributed by atoms with Crippen LogP contribution in [0.4, 0.5) is 34.5 Å². The molecule has 0 atom stereocenters. The summed E-state index contributed by atoms with van der Waals surface area (Å²) < 4.78 is 0.719. The predicted molar refractivity (Wildman–Crippen MR) is 171 cm³/mol. The third-order valence-corrected chi connectivity index (χ3v) is 7.98. The lowest BCUT2D eigenvalue weighted by Gasteiger charge is -2.24. The maximum atomic E-state index is 12.2. The van der Waals surface area contributed by atoms with Crippen LogP contribution in [-0.2, 0) is 4.79 Å². The average molecular weight is 623 g/mol. The van der Waals surface area contributed by atoms with E-state index in [1.165, 1.54) is 6.08 Å². The maximum absolute atomic E-state index is 12.2. The molecule has 0 radical (unpaired) electrons. The van der Waals surface area contributed by atoms with Crippen molar-refractivity contribution in [1.29, 1.82) is 0 Å². The van der Waals surface area contributed by atoms with Crippen molar-refractivity contribution in [3.63, 3.8) is 0 Å². The van der Waals surface area contributed by atoms with E-state index in [0.29, 0.717) is 17.5 Å². The monoisotopic (exact) mass is 621 g/mol. The Morgan fingerprint density at radius 3 is 2.52 bits per heavy atom. The van der Waals surface area contributed by atoms with Crippen LogP contribution in [0.3, 0.4) is 0 Å². The number of likely N-dealkylation sites (N-methyl/N-ethyl adjacent to an activating group) is 2. The first-order valence-electron chi connectivity index (χ1n) is 12.6. The van der Waals surface area contributed by atoms with E-state index in [2.05, 4.69) is 76.5 Å². The van der Waals surface area contributed by atoms with Gasteiger partial charge >= 0.3 is 0 Å². The predicted octanol–water partition coefficient (Wildman–Crippen LogP) is 5.16. The normalized spacial score (nSPS) is 11.1. The van der Waals surface area contributed by atoms with Crippen LogP contribution in [-0.4, -0.2) is 78.3 Å². The number of hydrogen-bond donors (Lipinski definition) is 3. The van der Waals surface area contributed by atoms with Crippen LogP contribution in [0.5, 0.6) is 0 Å². The Morgan fingerprint density at radius 2 is 1.80 bits per heavy atom. The minimum Gasteiger partial charge on any atom is -0.372 e.